The van der Waals surface area contributed by atoms with E-state index in [-0.39, 0.29) is 18.4 Å². The monoisotopic (exact) mass is 510 g/mol. The Balaban J connectivity index is 0.00000324. The number of anilines is 2. The molecule has 2 heterocycles. The fraction of sp³-hybridized carbons (Fsp3) is 0.409. The summed E-state index contributed by atoms with van der Waals surface area (Å²) < 4.78 is 95.2. The molecule has 0 saturated carbocycles. The largest absolute Gasteiger partial charge is 0.459 e. The van der Waals surface area contributed by atoms with Gasteiger partial charge in [-0.05, 0) is 42.7 Å². The molecule has 1 atom stereocenters. The normalized spacial score (nSPS) is 19.8. The molecule has 186 valence electrons. The first-order chi connectivity index (χ1) is 15.5. The van der Waals surface area contributed by atoms with Crippen LogP contribution in [0.4, 0.5) is 42.1 Å². The first kappa shape index (κ1) is 26.1. The molecule has 4 nitrogen and oxygen atoms in total. The maximum atomic E-state index is 14.5. The van der Waals surface area contributed by atoms with Crippen molar-refractivity contribution in [1.82, 2.24) is 0 Å². The van der Waals surface area contributed by atoms with Crippen LogP contribution in [0.1, 0.15) is 30.9 Å². The Morgan fingerprint density at radius 3 is 2.24 bits per heavy atom. The van der Waals surface area contributed by atoms with Crippen molar-refractivity contribution >= 4 is 29.5 Å². The molecular formula is C22H22ClF7N4. The van der Waals surface area contributed by atoms with Crippen LogP contribution in [0.3, 0.4) is 0 Å². The Labute approximate surface area is 197 Å². The quantitative estimate of drug-likeness (QED) is 0.527. The number of benzene rings is 2. The van der Waals surface area contributed by atoms with Gasteiger partial charge in [-0.2, -0.15) is 27.1 Å². The average Bonchev–Trinajstić information content (AvgIpc) is 3.19. The summed E-state index contributed by atoms with van der Waals surface area (Å²) in [6.45, 7) is 1.33. The highest BCUT2D eigenvalue weighted by atomic mass is 35.5. The summed E-state index contributed by atoms with van der Waals surface area (Å²) in [6.07, 6.45) is -5.13. The Morgan fingerprint density at radius 1 is 0.941 bits per heavy atom. The molecule has 0 amide bonds. The molecule has 0 aliphatic carbocycles. The number of hydrazone groups is 1. The Bertz CT molecular complexity index is 1050. The van der Waals surface area contributed by atoms with Gasteiger partial charge >= 0.3 is 12.1 Å². The van der Waals surface area contributed by atoms with Crippen LogP contribution in [0.2, 0.25) is 0 Å². The van der Waals surface area contributed by atoms with Gasteiger partial charge in [0, 0.05) is 37.3 Å². The molecule has 1 fully saturated rings. The highest BCUT2D eigenvalue weighted by molar-refractivity contribution is 5.95. The second-order valence-electron chi connectivity index (χ2n) is 8.20. The predicted molar refractivity (Wildman–Crippen MR) is 118 cm³/mol. The number of nitrogens with zero attached hydrogens (tertiary/aromatic N) is 3. The van der Waals surface area contributed by atoms with E-state index in [2.05, 4.69) is 5.10 Å². The van der Waals surface area contributed by atoms with Crippen LogP contribution < -0.4 is 15.6 Å². The molecule has 1 saturated heterocycles. The maximum Gasteiger partial charge on any atom is 0.459 e. The van der Waals surface area contributed by atoms with E-state index in [9.17, 15) is 30.7 Å². The third-order valence-electron chi connectivity index (χ3n) is 5.95. The summed E-state index contributed by atoms with van der Waals surface area (Å²) in [5, 5.41) is 4.26. The van der Waals surface area contributed by atoms with Gasteiger partial charge in [0.25, 0.3) is 0 Å². The molecular weight excluding hydrogens is 489 g/mol. The van der Waals surface area contributed by atoms with Crippen molar-refractivity contribution in [2.75, 3.05) is 23.0 Å². The van der Waals surface area contributed by atoms with E-state index in [1.165, 1.54) is 0 Å². The van der Waals surface area contributed by atoms with Crippen molar-refractivity contribution in [3.8, 4) is 0 Å². The maximum absolute atomic E-state index is 14.5. The Hall–Kier alpha value is -2.53. The molecule has 12 heteroatoms. The Kier molecular flexibility index (Phi) is 7.37. The standard InChI is InChI=1S/C22H21F7N4.ClH/c23-14-4-5-18(17(24)11-14)33-19(12-20(31-33)21(25,26)22(27,28)29)13-2-1-3-16(10-13)32-8-6-15(30)7-9-32;/h1-5,10-11,15,19H,6-9,12,30H2;1H. The van der Waals surface area contributed by atoms with Gasteiger partial charge in [0.15, 0.2) is 5.82 Å². The number of halogens is 8. The molecule has 2 N–H and O–H groups in total. The van der Waals surface area contributed by atoms with E-state index in [0.717, 1.165) is 35.7 Å². The number of piperidine rings is 1. The minimum Gasteiger partial charge on any atom is -0.371 e. The number of hydrogen-bond donors (Lipinski definition) is 1. The summed E-state index contributed by atoms with van der Waals surface area (Å²) in [7, 11) is 0. The van der Waals surface area contributed by atoms with E-state index in [1.807, 2.05) is 4.90 Å². The second kappa shape index (κ2) is 9.61. The van der Waals surface area contributed by atoms with Crippen LogP contribution >= 0.6 is 12.4 Å². The summed E-state index contributed by atoms with van der Waals surface area (Å²) in [5.41, 5.74) is 5.22. The molecule has 4 rings (SSSR count). The Morgan fingerprint density at radius 2 is 1.62 bits per heavy atom. The summed E-state index contributed by atoms with van der Waals surface area (Å²) in [5.74, 6) is -7.24. The highest BCUT2D eigenvalue weighted by Gasteiger charge is 2.63. The van der Waals surface area contributed by atoms with E-state index >= 15 is 0 Å². The van der Waals surface area contributed by atoms with Crippen LogP contribution in [0, 0.1) is 11.6 Å². The minimum atomic E-state index is -5.86. The summed E-state index contributed by atoms with van der Waals surface area (Å²) in [6, 6.07) is 7.99. The van der Waals surface area contributed by atoms with Crippen LogP contribution in [0.25, 0.3) is 0 Å². The third-order valence-corrected chi connectivity index (χ3v) is 5.95. The zero-order valence-electron chi connectivity index (χ0n) is 17.7. The van der Waals surface area contributed by atoms with Crippen LogP contribution in [0.5, 0.6) is 0 Å². The van der Waals surface area contributed by atoms with E-state index in [0.29, 0.717) is 24.7 Å². The second-order valence-corrected chi connectivity index (χ2v) is 8.20. The van der Waals surface area contributed by atoms with Gasteiger partial charge in [-0.3, -0.25) is 5.01 Å². The molecule has 0 bridgehead atoms. The van der Waals surface area contributed by atoms with Gasteiger partial charge in [-0.15, -0.1) is 12.4 Å². The van der Waals surface area contributed by atoms with E-state index < -0.39 is 47.6 Å². The SMILES string of the molecule is Cl.NC1CCN(c2cccc(C3CC(C(F)(F)C(F)(F)F)=NN3c3ccc(F)cc3F)c2)CC1. The third kappa shape index (κ3) is 4.95. The summed E-state index contributed by atoms with van der Waals surface area (Å²) >= 11 is 0. The summed E-state index contributed by atoms with van der Waals surface area (Å²) in [4.78, 5) is 2.04. The van der Waals surface area contributed by atoms with Gasteiger partial charge in [-0.25, -0.2) is 8.78 Å². The lowest BCUT2D eigenvalue weighted by molar-refractivity contribution is -0.249. The van der Waals surface area contributed by atoms with Crippen molar-refractivity contribution in [3.63, 3.8) is 0 Å². The fourth-order valence-electron chi connectivity index (χ4n) is 4.10. The zero-order chi connectivity index (χ0) is 24.0. The van der Waals surface area contributed by atoms with Crippen LogP contribution in [0.15, 0.2) is 47.6 Å². The van der Waals surface area contributed by atoms with Gasteiger partial charge in [0.05, 0.1) is 11.7 Å². The number of rotatable bonds is 4. The van der Waals surface area contributed by atoms with Crippen molar-refractivity contribution in [2.24, 2.45) is 10.8 Å². The van der Waals surface area contributed by atoms with Gasteiger partial charge in [-0.1, -0.05) is 12.1 Å². The van der Waals surface area contributed by atoms with Crippen molar-refractivity contribution in [3.05, 3.63) is 59.7 Å². The number of hydrogen-bond acceptors (Lipinski definition) is 4. The van der Waals surface area contributed by atoms with Crippen LogP contribution in [-0.4, -0.2) is 36.9 Å². The first-order valence-corrected chi connectivity index (χ1v) is 10.3. The molecule has 2 aliphatic heterocycles. The predicted octanol–water partition coefficient (Wildman–Crippen LogP) is 5.82. The number of nitrogens with two attached hydrogens (primary N) is 1. The first-order valence-electron chi connectivity index (χ1n) is 10.3. The molecule has 0 radical (unpaired) electrons. The lowest BCUT2D eigenvalue weighted by Crippen LogP contribution is -2.43. The fourth-order valence-corrected chi connectivity index (χ4v) is 4.10. The minimum absolute atomic E-state index is 0. The van der Waals surface area contributed by atoms with E-state index in [4.69, 9.17) is 5.73 Å². The van der Waals surface area contributed by atoms with Gasteiger partial charge < -0.3 is 10.6 Å². The zero-order valence-corrected chi connectivity index (χ0v) is 18.5. The lowest BCUT2D eigenvalue weighted by atomic mass is 9.97. The smallest absolute Gasteiger partial charge is 0.371 e. The van der Waals surface area contributed by atoms with Crippen molar-refractivity contribution in [1.29, 1.82) is 0 Å². The van der Waals surface area contributed by atoms with Crippen molar-refractivity contribution < 1.29 is 30.7 Å². The van der Waals surface area contributed by atoms with Crippen molar-refractivity contribution in [2.45, 2.75) is 43.4 Å². The van der Waals surface area contributed by atoms with E-state index in [1.54, 1.807) is 24.3 Å². The lowest BCUT2D eigenvalue weighted by Gasteiger charge is -2.33. The van der Waals surface area contributed by atoms with Gasteiger partial charge in [0.1, 0.15) is 11.5 Å². The van der Waals surface area contributed by atoms with Crippen LogP contribution in [-0.2, 0) is 0 Å². The highest BCUT2D eigenvalue weighted by Crippen LogP contribution is 2.45. The molecule has 0 spiro atoms. The van der Waals surface area contributed by atoms with Gasteiger partial charge in [0.2, 0.25) is 0 Å². The molecule has 34 heavy (non-hydrogen) atoms. The molecule has 0 aromatic heterocycles. The molecule has 2 aliphatic rings. The average molecular weight is 511 g/mol. The molecule has 1 unspecified atom stereocenters. The molecule has 2 aromatic rings. The molecule has 2 aromatic carbocycles. The number of alkyl halides is 5. The topological polar surface area (TPSA) is 44.9 Å².